The number of nitrogens with zero attached hydrogens (tertiary/aromatic N) is 1. The number of hydrazine groups is 1. The summed E-state index contributed by atoms with van der Waals surface area (Å²) >= 11 is 0. The van der Waals surface area contributed by atoms with Crippen molar-refractivity contribution in [2.45, 2.75) is 58.7 Å². The molecule has 106 valence electrons. The maximum Gasteiger partial charge on any atom is 0.0892 e. The molecule has 1 heterocycles. The zero-order chi connectivity index (χ0) is 13.4. The molecule has 0 aromatic heterocycles. The molecule has 2 aliphatic rings. The Kier molecular flexibility index (Phi) is 3.96. The van der Waals surface area contributed by atoms with E-state index in [1.165, 1.54) is 0 Å². The summed E-state index contributed by atoms with van der Waals surface area (Å²) in [6.45, 7) is 7.38. The van der Waals surface area contributed by atoms with E-state index in [1.807, 2.05) is 0 Å². The Labute approximate surface area is 108 Å². The minimum Gasteiger partial charge on any atom is -0.747 e. The lowest BCUT2D eigenvalue weighted by atomic mass is 9.70. The first kappa shape index (κ1) is 14.2. The normalized spacial score (nSPS) is 39.0. The second-order valence-electron chi connectivity index (χ2n) is 6.63. The Balaban J connectivity index is 1.87. The Morgan fingerprint density at radius 1 is 1.39 bits per heavy atom. The molecule has 1 saturated carbocycles. The monoisotopic (exact) mass is 258 g/mol. The number of rotatable bonds is 4. The van der Waals surface area contributed by atoms with Crippen molar-refractivity contribution in [1.82, 2.24) is 10.8 Å². The Morgan fingerprint density at radius 3 is 2.78 bits per heavy atom. The summed E-state index contributed by atoms with van der Waals surface area (Å²) < 4.78 is 5.76. The third-order valence-corrected chi connectivity index (χ3v) is 4.41. The van der Waals surface area contributed by atoms with Gasteiger partial charge in [0.15, 0.2) is 0 Å². The van der Waals surface area contributed by atoms with Gasteiger partial charge >= 0.3 is 0 Å². The van der Waals surface area contributed by atoms with Gasteiger partial charge in [-0.15, -0.1) is 0 Å². The van der Waals surface area contributed by atoms with Gasteiger partial charge < -0.3 is 9.94 Å². The van der Waals surface area contributed by atoms with Crippen LogP contribution in [-0.4, -0.2) is 24.1 Å². The predicted octanol–water partition coefficient (Wildman–Crippen LogP) is 1.47. The summed E-state index contributed by atoms with van der Waals surface area (Å²) in [6, 6.07) is 0. The van der Waals surface area contributed by atoms with E-state index in [-0.39, 0.29) is 16.2 Å². The van der Waals surface area contributed by atoms with Crippen molar-refractivity contribution in [2.75, 3.05) is 6.54 Å². The van der Waals surface area contributed by atoms with E-state index in [9.17, 15) is 5.21 Å². The molecule has 0 aromatic rings. The molecule has 3 N–H and O–H groups in total. The third kappa shape index (κ3) is 3.40. The highest BCUT2D eigenvalue weighted by molar-refractivity contribution is 4.99. The molecular formula is C12H24N3O3-. The van der Waals surface area contributed by atoms with Crippen LogP contribution in [-0.2, 0) is 9.68 Å². The van der Waals surface area contributed by atoms with Crippen molar-refractivity contribution in [3.63, 3.8) is 0 Å². The van der Waals surface area contributed by atoms with E-state index in [1.54, 1.807) is 0 Å². The lowest BCUT2D eigenvalue weighted by Crippen LogP contribution is -2.40. The van der Waals surface area contributed by atoms with Crippen LogP contribution in [0.3, 0.4) is 0 Å². The minimum absolute atomic E-state index is 0.0593. The topological polar surface area (TPSA) is 86.1 Å². The molecule has 6 heteroatoms. The van der Waals surface area contributed by atoms with Crippen molar-refractivity contribution in [3.05, 3.63) is 5.21 Å². The average Bonchev–Trinajstić information content (AvgIpc) is 3.03. The van der Waals surface area contributed by atoms with Crippen LogP contribution >= 0.6 is 0 Å². The maximum absolute atomic E-state index is 10.5. The predicted molar refractivity (Wildman–Crippen MR) is 67.5 cm³/mol. The SMILES string of the molecule is CC1(CNON(N)[O-])CCC2OC2C(C)(C)CC1. The highest BCUT2D eigenvalue weighted by Crippen LogP contribution is 2.49. The van der Waals surface area contributed by atoms with Crippen molar-refractivity contribution >= 4 is 0 Å². The van der Waals surface area contributed by atoms with Crippen molar-refractivity contribution < 1.29 is 9.68 Å². The van der Waals surface area contributed by atoms with Crippen molar-refractivity contribution in [2.24, 2.45) is 16.7 Å². The van der Waals surface area contributed by atoms with Gasteiger partial charge in [-0.3, -0.25) is 5.84 Å². The summed E-state index contributed by atoms with van der Waals surface area (Å²) in [6.07, 6.45) is 5.22. The summed E-state index contributed by atoms with van der Waals surface area (Å²) in [4.78, 5) is 4.55. The summed E-state index contributed by atoms with van der Waals surface area (Å²) in [5, 5.41) is 10.4. The number of nitrogens with two attached hydrogens (primary N) is 1. The molecule has 0 spiro atoms. The molecule has 18 heavy (non-hydrogen) atoms. The Morgan fingerprint density at radius 2 is 2.11 bits per heavy atom. The minimum atomic E-state index is -0.0593. The van der Waals surface area contributed by atoms with Crippen molar-refractivity contribution in [1.29, 1.82) is 0 Å². The molecule has 1 aliphatic heterocycles. The smallest absolute Gasteiger partial charge is 0.0892 e. The van der Waals surface area contributed by atoms with Crippen LogP contribution < -0.4 is 11.3 Å². The maximum atomic E-state index is 10.5. The number of hydrogen-bond donors (Lipinski definition) is 2. The Hall–Kier alpha value is -0.240. The summed E-state index contributed by atoms with van der Waals surface area (Å²) in [7, 11) is 0. The fourth-order valence-corrected chi connectivity index (χ4v) is 2.88. The lowest BCUT2D eigenvalue weighted by Gasteiger charge is -2.36. The zero-order valence-corrected chi connectivity index (χ0v) is 11.4. The van der Waals surface area contributed by atoms with Gasteiger partial charge in [0, 0.05) is 6.54 Å². The van der Waals surface area contributed by atoms with Gasteiger partial charge in [-0.05, 0) is 36.5 Å². The van der Waals surface area contributed by atoms with Crippen LogP contribution in [0, 0.1) is 16.0 Å². The number of epoxide rings is 1. The molecule has 2 rings (SSSR count). The molecule has 1 saturated heterocycles. The number of ether oxygens (including phenoxy) is 1. The van der Waals surface area contributed by atoms with E-state index >= 15 is 0 Å². The molecule has 2 fully saturated rings. The quantitative estimate of drug-likeness (QED) is 0.451. The standard InChI is InChI=1S/C12H24N3O3/c1-11(2)6-7-12(3,8-14-18-15(13)16)5-4-9-10(11)17-9/h9-10,14H,4-8,13H2,1-3H3/q-1. The van der Waals surface area contributed by atoms with Crippen LogP contribution in [0.15, 0.2) is 0 Å². The molecule has 0 aromatic carbocycles. The van der Waals surface area contributed by atoms with Crippen LogP contribution in [0.4, 0.5) is 0 Å². The first-order valence-corrected chi connectivity index (χ1v) is 6.60. The third-order valence-electron chi connectivity index (χ3n) is 4.41. The van der Waals surface area contributed by atoms with E-state index in [2.05, 4.69) is 31.2 Å². The number of nitrogens with one attached hydrogen (secondary N) is 1. The van der Waals surface area contributed by atoms with Gasteiger partial charge in [0.2, 0.25) is 0 Å². The van der Waals surface area contributed by atoms with Gasteiger partial charge in [-0.1, -0.05) is 20.8 Å². The van der Waals surface area contributed by atoms with Gasteiger partial charge in [-0.25, -0.2) is 4.94 Å². The summed E-state index contributed by atoms with van der Waals surface area (Å²) in [5.41, 5.74) is 3.00. The highest BCUT2D eigenvalue weighted by atomic mass is 17.0. The highest BCUT2D eigenvalue weighted by Gasteiger charge is 2.51. The number of fused-ring (bicyclic) bond motifs is 1. The second kappa shape index (κ2) is 5.03. The first-order valence-electron chi connectivity index (χ1n) is 6.60. The fourth-order valence-electron chi connectivity index (χ4n) is 2.88. The molecule has 3 atom stereocenters. The average molecular weight is 258 g/mol. The molecule has 0 amide bonds. The van der Waals surface area contributed by atoms with Crippen molar-refractivity contribution in [3.8, 4) is 0 Å². The first-order chi connectivity index (χ1) is 8.32. The molecule has 3 unspecified atom stereocenters. The van der Waals surface area contributed by atoms with Gasteiger partial charge in [-0.2, -0.15) is 10.8 Å². The number of hydroxylamine groups is 1. The largest absolute Gasteiger partial charge is 0.747 e. The van der Waals surface area contributed by atoms with Crippen LogP contribution in [0.25, 0.3) is 0 Å². The van der Waals surface area contributed by atoms with E-state index in [0.29, 0.717) is 18.8 Å². The molecule has 0 radical (unpaired) electrons. The van der Waals surface area contributed by atoms with Crippen LogP contribution in [0.5, 0.6) is 0 Å². The molecule has 1 aliphatic carbocycles. The van der Waals surface area contributed by atoms with E-state index < -0.39 is 0 Å². The lowest BCUT2D eigenvalue weighted by molar-refractivity contribution is -0.187. The van der Waals surface area contributed by atoms with E-state index in [0.717, 1.165) is 25.7 Å². The fraction of sp³-hybridized carbons (Fsp3) is 1.00. The number of hydrogen-bond acceptors (Lipinski definition) is 6. The van der Waals surface area contributed by atoms with Gasteiger partial charge in [0.1, 0.15) is 0 Å². The molecular weight excluding hydrogens is 234 g/mol. The second-order valence-corrected chi connectivity index (χ2v) is 6.63. The molecule has 0 bridgehead atoms. The Bertz CT molecular complexity index is 298. The molecule has 6 nitrogen and oxygen atoms in total. The summed E-state index contributed by atoms with van der Waals surface area (Å²) in [5.74, 6) is 4.85. The van der Waals surface area contributed by atoms with Crippen LogP contribution in [0.1, 0.15) is 46.5 Å². The zero-order valence-electron chi connectivity index (χ0n) is 11.4. The van der Waals surface area contributed by atoms with E-state index in [4.69, 9.17) is 10.6 Å². The van der Waals surface area contributed by atoms with Gasteiger partial charge in [0.25, 0.3) is 0 Å². The van der Waals surface area contributed by atoms with Crippen LogP contribution in [0.2, 0.25) is 0 Å². The van der Waals surface area contributed by atoms with Gasteiger partial charge in [0.05, 0.1) is 12.2 Å².